The summed E-state index contributed by atoms with van der Waals surface area (Å²) in [5, 5.41) is 2.66. The fraction of sp³-hybridized carbons (Fsp3) is 0.100. The van der Waals surface area contributed by atoms with E-state index in [1.165, 1.54) is 10.0 Å². The monoisotopic (exact) mass is 364 g/mol. The highest BCUT2D eigenvalue weighted by molar-refractivity contribution is 5.95. The summed E-state index contributed by atoms with van der Waals surface area (Å²) >= 11 is 0. The second-order valence-electron chi connectivity index (χ2n) is 5.85. The van der Waals surface area contributed by atoms with Crippen LogP contribution in [0.1, 0.15) is 20.7 Å². The molecule has 0 aliphatic rings. The van der Waals surface area contributed by atoms with E-state index in [2.05, 4.69) is 10.9 Å². The maximum absolute atomic E-state index is 12.3. The summed E-state index contributed by atoms with van der Waals surface area (Å²) in [5.41, 5.74) is 6.86. The van der Waals surface area contributed by atoms with Gasteiger partial charge in [-0.15, -0.1) is 0 Å². The minimum atomic E-state index is -0.196. The molecular formula is C20H20N4O3. The number of rotatable bonds is 6. The summed E-state index contributed by atoms with van der Waals surface area (Å²) in [7, 11) is 3.21. The van der Waals surface area contributed by atoms with Crippen molar-refractivity contribution in [2.75, 3.05) is 24.9 Å². The molecule has 7 heteroatoms. The summed E-state index contributed by atoms with van der Waals surface area (Å²) in [6.45, 7) is 0. The second kappa shape index (κ2) is 8.09. The standard InChI is InChI=1S/C20H20N4O3/c1-23(19(25)15-9-5-3-6-10-15)21-17-13-14-18(27-17)22-24(2)20(26)16-11-7-4-8-12-16/h3-14,21-22H,1-2H3. The number of hydrogen-bond donors (Lipinski definition) is 2. The van der Waals surface area contributed by atoms with Crippen LogP contribution < -0.4 is 10.9 Å². The van der Waals surface area contributed by atoms with Gasteiger partial charge in [-0.2, -0.15) is 0 Å². The third-order valence-corrected chi connectivity index (χ3v) is 3.81. The van der Waals surface area contributed by atoms with Crippen molar-refractivity contribution in [1.29, 1.82) is 0 Å². The molecule has 1 heterocycles. The first-order valence-electron chi connectivity index (χ1n) is 8.34. The van der Waals surface area contributed by atoms with Crippen molar-refractivity contribution in [3.8, 4) is 0 Å². The molecule has 0 fully saturated rings. The van der Waals surface area contributed by atoms with Gasteiger partial charge in [-0.3, -0.25) is 30.5 Å². The van der Waals surface area contributed by atoms with E-state index in [0.717, 1.165) is 0 Å². The molecule has 0 aliphatic carbocycles. The summed E-state index contributed by atoms with van der Waals surface area (Å²) in [4.78, 5) is 24.7. The number of carbonyl (C=O) groups is 2. The zero-order chi connectivity index (χ0) is 19.2. The Labute approximate surface area is 157 Å². The van der Waals surface area contributed by atoms with Gasteiger partial charge < -0.3 is 4.42 Å². The van der Waals surface area contributed by atoms with Crippen molar-refractivity contribution in [1.82, 2.24) is 10.0 Å². The molecule has 0 saturated carbocycles. The fourth-order valence-corrected chi connectivity index (χ4v) is 2.44. The number of anilines is 2. The smallest absolute Gasteiger partial charge is 0.272 e. The first-order chi connectivity index (χ1) is 13.0. The molecule has 3 aromatic rings. The van der Waals surface area contributed by atoms with Crippen molar-refractivity contribution < 1.29 is 14.0 Å². The summed E-state index contributed by atoms with van der Waals surface area (Å²) in [6, 6.07) is 21.2. The topological polar surface area (TPSA) is 77.8 Å². The molecule has 0 unspecified atom stereocenters. The molecule has 0 atom stereocenters. The largest absolute Gasteiger partial charge is 0.422 e. The number of nitrogens with one attached hydrogen (secondary N) is 2. The molecule has 2 N–H and O–H groups in total. The van der Waals surface area contributed by atoms with Crippen LogP contribution >= 0.6 is 0 Å². The lowest BCUT2D eigenvalue weighted by Crippen LogP contribution is -2.32. The van der Waals surface area contributed by atoms with E-state index in [-0.39, 0.29) is 11.8 Å². The highest BCUT2D eigenvalue weighted by Gasteiger charge is 2.15. The zero-order valence-corrected chi connectivity index (χ0v) is 15.0. The Hall–Kier alpha value is -3.74. The lowest BCUT2D eigenvalue weighted by atomic mass is 10.2. The number of hydrazine groups is 2. The average Bonchev–Trinajstić information content (AvgIpc) is 3.14. The van der Waals surface area contributed by atoms with Gasteiger partial charge in [-0.05, 0) is 24.3 Å². The number of nitrogens with zero attached hydrogens (tertiary/aromatic N) is 2. The van der Waals surface area contributed by atoms with Gasteiger partial charge in [-0.1, -0.05) is 36.4 Å². The highest BCUT2D eigenvalue weighted by Crippen LogP contribution is 2.19. The van der Waals surface area contributed by atoms with E-state index in [1.807, 2.05) is 12.1 Å². The lowest BCUT2D eigenvalue weighted by molar-refractivity contribution is 0.0819. The molecule has 0 bridgehead atoms. The van der Waals surface area contributed by atoms with Crippen LogP contribution in [0.4, 0.5) is 11.8 Å². The quantitative estimate of drug-likeness (QED) is 0.655. The molecule has 27 heavy (non-hydrogen) atoms. The SMILES string of the molecule is CN(Nc1ccc(NN(C)C(=O)c2ccccc2)o1)C(=O)c1ccccc1. The van der Waals surface area contributed by atoms with Crippen LogP contribution in [0.2, 0.25) is 0 Å². The number of amides is 2. The molecule has 0 saturated heterocycles. The Morgan fingerprint density at radius 2 is 1.04 bits per heavy atom. The molecule has 138 valence electrons. The van der Waals surface area contributed by atoms with E-state index < -0.39 is 0 Å². The molecule has 7 nitrogen and oxygen atoms in total. The summed E-state index contributed by atoms with van der Waals surface area (Å²) in [5.74, 6) is 0.338. The van der Waals surface area contributed by atoms with E-state index >= 15 is 0 Å². The first kappa shape index (κ1) is 18.1. The minimum Gasteiger partial charge on any atom is -0.422 e. The van der Waals surface area contributed by atoms with E-state index in [9.17, 15) is 9.59 Å². The first-order valence-corrected chi connectivity index (χ1v) is 8.34. The Kier molecular flexibility index (Phi) is 5.41. The van der Waals surface area contributed by atoms with Crippen LogP contribution in [0.3, 0.4) is 0 Å². The van der Waals surface area contributed by atoms with E-state index in [0.29, 0.717) is 22.9 Å². The third-order valence-electron chi connectivity index (χ3n) is 3.81. The van der Waals surface area contributed by atoms with Crippen molar-refractivity contribution in [2.24, 2.45) is 0 Å². The van der Waals surface area contributed by atoms with Crippen molar-refractivity contribution in [2.45, 2.75) is 0 Å². The predicted octanol–water partition coefficient (Wildman–Crippen LogP) is 3.48. The van der Waals surface area contributed by atoms with Crippen LogP contribution in [0.5, 0.6) is 0 Å². The maximum atomic E-state index is 12.3. The Morgan fingerprint density at radius 1 is 0.667 bits per heavy atom. The van der Waals surface area contributed by atoms with Gasteiger partial charge >= 0.3 is 0 Å². The summed E-state index contributed by atoms with van der Waals surface area (Å²) < 4.78 is 5.59. The van der Waals surface area contributed by atoms with Crippen LogP contribution in [-0.4, -0.2) is 35.9 Å². The van der Waals surface area contributed by atoms with Crippen LogP contribution in [0.25, 0.3) is 0 Å². The minimum absolute atomic E-state index is 0.196. The molecule has 2 aromatic carbocycles. The molecule has 0 aliphatic heterocycles. The van der Waals surface area contributed by atoms with Crippen LogP contribution in [0.15, 0.2) is 77.2 Å². The zero-order valence-electron chi connectivity index (χ0n) is 15.0. The normalized spacial score (nSPS) is 10.1. The highest BCUT2D eigenvalue weighted by atomic mass is 16.4. The second-order valence-corrected chi connectivity index (χ2v) is 5.85. The van der Waals surface area contributed by atoms with E-state index in [4.69, 9.17) is 4.42 Å². The Morgan fingerprint density at radius 3 is 1.41 bits per heavy atom. The van der Waals surface area contributed by atoms with Crippen LogP contribution in [0, 0.1) is 0 Å². The van der Waals surface area contributed by atoms with Gasteiger partial charge in [0.05, 0.1) is 0 Å². The van der Waals surface area contributed by atoms with Crippen molar-refractivity contribution in [3.05, 3.63) is 83.9 Å². The molecule has 1 aromatic heterocycles. The van der Waals surface area contributed by atoms with Crippen molar-refractivity contribution in [3.63, 3.8) is 0 Å². The molecular weight excluding hydrogens is 344 g/mol. The van der Waals surface area contributed by atoms with Gasteiger partial charge in [0.25, 0.3) is 11.8 Å². The van der Waals surface area contributed by atoms with Gasteiger partial charge in [-0.25, -0.2) is 0 Å². The van der Waals surface area contributed by atoms with Crippen molar-refractivity contribution >= 4 is 23.6 Å². The summed E-state index contributed by atoms with van der Waals surface area (Å²) in [6.07, 6.45) is 0. The predicted molar refractivity (Wildman–Crippen MR) is 103 cm³/mol. The van der Waals surface area contributed by atoms with Crippen LogP contribution in [-0.2, 0) is 0 Å². The van der Waals surface area contributed by atoms with Gasteiger partial charge in [0, 0.05) is 37.4 Å². The number of benzene rings is 2. The molecule has 3 rings (SSSR count). The van der Waals surface area contributed by atoms with E-state index in [1.54, 1.807) is 74.8 Å². The lowest BCUT2D eigenvalue weighted by Gasteiger charge is -2.19. The third kappa shape index (κ3) is 4.46. The number of hydrogen-bond acceptors (Lipinski definition) is 5. The fourth-order valence-electron chi connectivity index (χ4n) is 2.44. The Bertz CT molecular complexity index is 835. The van der Waals surface area contributed by atoms with Gasteiger partial charge in [0.1, 0.15) is 0 Å². The number of furan rings is 1. The van der Waals surface area contributed by atoms with Gasteiger partial charge in [0.2, 0.25) is 11.8 Å². The molecule has 0 spiro atoms. The average molecular weight is 364 g/mol. The number of carbonyl (C=O) groups excluding carboxylic acids is 2. The maximum Gasteiger partial charge on any atom is 0.272 e. The molecule has 2 amide bonds. The van der Waals surface area contributed by atoms with Gasteiger partial charge in [0.15, 0.2) is 0 Å². The molecule has 0 radical (unpaired) electrons. The Balaban J connectivity index is 1.60.